The third kappa shape index (κ3) is 3.04. The Labute approximate surface area is 160 Å². The van der Waals surface area contributed by atoms with Crippen molar-refractivity contribution in [2.24, 2.45) is 4.99 Å². The first-order chi connectivity index (χ1) is 13.5. The van der Waals surface area contributed by atoms with Crippen LogP contribution in [-0.2, 0) is 17.9 Å². The SMILES string of the molecule is C#CCn1c(=NC(=O)Cn2c(=O)oc3ccccc32)sc2cc(F)cc(F)c21. The highest BCUT2D eigenvalue weighted by molar-refractivity contribution is 7.16. The molecule has 6 nitrogen and oxygen atoms in total. The fourth-order valence-corrected chi connectivity index (χ4v) is 3.98. The van der Waals surface area contributed by atoms with Gasteiger partial charge in [-0.05, 0) is 18.2 Å². The second kappa shape index (κ2) is 6.90. The lowest BCUT2D eigenvalue weighted by Gasteiger charge is -2.01. The van der Waals surface area contributed by atoms with Gasteiger partial charge in [-0.1, -0.05) is 29.4 Å². The first-order valence-corrected chi connectivity index (χ1v) is 8.87. The normalized spacial score (nSPS) is 12.0. The van der Waals surface area contributed by atoms with Crippen molar-refractivity contribution in [2.45, 2.75) is 13.1 Å². The number of rotatable bonds is 3. The average molecular weight is 399 g/mol. The number of halogens is 2. The van der Waals surface area contributed by atoms with Crippen LogP contribution in [-0.4, -0.2) is 15.0 Å². The molecule has 140 valence electrons. The molecule has 0 saturated heterocycles. The largest absolute Gasteiger partial charge is 0.420 e. The summed E-state index contributed by atoms with van der Waals surface area (Å²) in [6.07, 6.45) is 5.34. The summed E-state index contributed by atoms with van der Waals surface area (Å²) in [5.74, 6) is -0.526. The minimum absolute atomic E-state index is 0.0523. The zero-order valence-electron chi connectivity index (χ0n) is 14.2. The van der Waals surface area contributed by atoms with E-state index in [0.29, 0.717) is 11.1 Å². The molecule has 2 aromatic carbocycles. The van der Waals surface area contributed by atoms with E-state index in [1.807, 2.05) is 0 Å². The van der Waals surface area contributed by atoms with Crippen LogP contribution in [0, 0.1) is 24.0 Å². The van der Waals surface area contributed by atoms with Crippen molar-refractivity contribution in [2.75, 3.05) is 0 Å². The summed E-state index contributed by atoms with van der Waals surface area (Å²) >= 11 is 0.930. The fraction of sp³-hybridized carbons (Fsp3) is 0.105. The molecule has 0 saturated carbocycles. The van der Waals surface area contributed by atoms with Crippen molar-refractivity contribution in [3.63, 3.8) is 0 Å². The van der Waals surface area contributed by atoms with Crippen LogP contribution < -0.4 is 10.6 Å². The van der Waals surface area contributed by atoms with Gasteiger partial charge in [0.05, 0.1) is 22.3 Å². The van der Waals surface area contributed by atoms with Crippen molar-refractivity contribution < 1.29 is 18.0 Å². The lowest BCUT2D eigenvalue weighted by atomic mass is 10.3. The number of hydrogen-bond acceptors (Lipinski definition) is 4. The van der Waals surface area contributed by atoms with Crippen LogP contribution >= 0.6 is 11.3 Å². The molecule has 28 heavy (non-hydrogen) atoms. The molecule has 2 heterocycles. The quantitative estimate of drug-likeness (QED) is 0.498. The molecule has 4 rings (SSSR count). The number of benzene rings is 2. The number of terminal acetylenes is 1. The molecule has 0 bridgehead atoms. The number of aromatic nitrogens is 2. The van der Waals surface area contributed by atoms with E-state index in [9.17, 15) is 18.4 Å². The molecular weight excluding hydrogens is 388 g/mol. The summed E-state index contributed by atoms with van der Waals surface area (Å²) in [4.78, 5) is 28.5. The molecule has 0 N–H and O–H groups in total. The lowest BCUT2D eigenvalue weighted by Crippen LogP contribution is -2.22. The molecule has 1 amide bonds. The third-order valence-corrected chi connectivity index (χ3v) is 5.06. The predicted molar refractivity (Wildman–Crippen MR) is 99.6 cm³/mol. The number of nitrogens with zero attached hydrogens (tertiary/aromatic N) is 3. The van der Waals surface area contributed by atoms with Gasteiger partial charge in [0.2, 0.25) is 0 Å². The average Bonchev–Trinajstić information content (AvgIpc) is 3.13. The predicted octanol–water partition coefficient (Wildman–Crippen LogP) is 2.65. The number of oxazole rings is 1. The number of fused-ring (bicyclic) bond motifs is 2. The van der Waals surface area contributed by atoms with Gasteiger partial charge < -0.3 is 8.98 Å². The van der Waals surface area contributed by atoms with E-state index in [0.717, 1.165) is 28.0 Å². The molecule has 0 atom stereocenters. The second-order valence-electron chi connectivity index (χ2n) is 5.84. The molecule has 0 fully saturated rings. The molecule has 4 aromatic rings. The Morgan fingerprint density at radius 2 is 2.04 bits per heavy atom. The van der Waals surface area contributed by atoms with Gasteiger partial charge >= 0.3 is 5.76 Å². The van der Waals surface area contributed by atoms with Gasteiger partial charge in [0, 0.05) is 6.07 Å². The van der Waals surface area contributed by atoms with E-state index in [1.54, 1.807) is 24.3 Å². The number of thiazole rings is 1. The molecule has 0 spiro atoms. The minimum atomic E-state index is -0.799. The number of para-hydroxylation sites is 2. The van der Waals surface area contributed by atoms with E-state index >= 15 is 0 Å². The van der Waals surface area contributed by atoms with Gasteiger partial charge in [0.15, 0.2) is 16.2 Å². The van der Waals surface area contributed by atoms with Crippen LogP contribution in [0.3, 0.4) is 0 Å². The highest BCUT2D eigenvalue weighted by Crippen LogP contribution is 2.22. The first kappa shape index (κ1) is 17.9. The summed E-state index contributed by atoms with van der Waals surface area (Å²) < 4.78 is 35.5. The lowest BCUT2D eigenvalue weighted by molar-refractivity contribution is -0.118. The molecule has 0 unspecified atom stereocenters. The van der Waals surface area contributed by atoms with Crippen LogP contribution in [0.2, 0.25) is 0 Å². The van der Waals surface area contributed by atoms with Crippen LogP contribution in [0.15, 0.2) is 50.6 Å². The molecule has 0 aliphatic rings. The highest BCUT2D eigenvalue weighted by Gasteiger charge is 2.15. The Hall–Kier alpha value is -3.51. The van der Waals surface area contributed by atoms with Crippen LogP contribution in [0.1, 0.15) is 0 Å². The van der Waals surface area contributed by atoms with Gasteiger partial charge in [-0.3, -0.25) is 9.36 Å². The van der Waals surface area contributed by atoms with Gasteiger partial charge in [-0.25, -0.2) is 13.6 Å². The number of carbonyl (C=O) groups excluding carboxylic acids is 1. The molecule has 0 aliphatic carbocycles. The number of carbonyl (C=O) groups is 1. The Balaban J connectivity index is 1.81. The standard InChI is InChI=1S/C19H11F2N3O3S/c1-2-7-23-17-12(21)8-11(20)9-15(17)28-18(23)22-16(25)10-24-13-5-3-4-6-14(13)27-19(24)26/h1,3-6,8-9H,7,10H2. The highest BCUT2D eigenvalue weighted by atomic mass is 32.1. The zero-order valence-corrected chi connectivity index (χ0v) is 15.0. The van der Waals surface area contributed by atoms with Crippen molar-refractivity contribution in [1.82, 2.24) is 9.13 Å². The Morgan fingerprint density at radius 1 is 1.25 bits per heavy atom. The van der Waals surface area contributed by atoms with Crippen LogP contribution in [0.4, 0.5) is 8.78 Å². The van der Waals surface area contributed by atoms with Crippen LogP contribution in [0.5, 0.6) is 0 Å². The van der Waals surface area contributed by atoms with E-state index < -0.39 is 23.3 Å². The summed E-state index contributed by atoms with van der Waals surface area (Å²) in [6.45, 7) is -0.416. The van der Waals surface area contributed by atoms with Gasteiger partial charge in [-0.2, -0.15) is 4.99 Å². The molecule has 0 aliphatic heterocycles. The molecular formula is C19H11F2N3O3S. The van der Waals surface area contributed by atoms with Crippen molar-refractivity contribution in [1.29, 1.82) is 0 Å². The summed E-state index contributed by atoms with van der Waals surface area (Å²) in [6, 6.07) is 8.55. The van der Waals surface area contributed by atoms with Gasteiger partial charge in [-0.15, -0.1) is 6.42 Å². The Kier molecular flexibility index (Phi) is 4.41. The van der Waals surface area contributed by atoms with Gasteiger partial charge in [0.25, 0.3) is 5.91 Å². The number of amides is 1. The Bertz CT molecular complexity index is 1400. The maximum absolute atomic E-state index is 14.2. The maximum Gasteiger partial charge on any atom is 0.420 e. The maximum atomic E-state index is 14.2. The molecule has 2 aromatic heterocycles. The topological polar surface area (TPSA) is 69.5 Å². The monoisotopic (exact) mass is 399 g/mol. The van der Waals surface area contributed by atoms with Crippen molar-refractivity contribution in [3.05, 3.63) is 63.4 Å². The van der Waals surface area contributed by atoms with E-state index in [1.165, 1.54) is 4.57 Å². The number of hydrogen-bond donors (Lipinski definition) is 0. The van der Waals surface area contributed by atoms with Crippen LogP contribution in [0.25, 0.3) is 21.3 Å². The minimum Gasteiger partial charge on any atom is -0.408 e. The fourth-order valence-electron chi connectivity index (χ4n) is 2.89. The van der Waals surface area contributed by atoms with Crippen molar-refractivity contribution >= 4 is 38.6 Å². The summed E-state index contributed by atoms with van der Waals surface area (Å²) in [5.41, 5.74) is 0.876. The third-order valence-electron chi connectivity index (χ3n) is 4.03. The zero-order chi connectivity index (χ0) is 19.8. The van der Waals surface area contributed by atoms with Crippen molar-refractivity contribution in [3.8, 4) is 12.3 Å². The van der Waals surface area contributed by atoms with E-state index in [2.05, 4.69) is 10.9 Å². The van der Waals surface area contributed by atoms with E-state index in [-0.39, 0.29) is 28.1 Å². The summed E-state index contributed by atoms with van der Waals surface area (Å²) in [7, 11) is 0. The molecule has 0 radical (unpaired) electrons. The second-order valence-corrected chi connectivity index (χ2v) is 6.85. The van der Waals surface area contributed by atoms with Gasteiger partial charge in [0.1, 0.15) is 12.4 Å². The first-order valence-electron chi connectivity index (χ1n) is 8.05. The van der Waals surface area contributed by atoms with E-state index in [4.69, 9.17) is 10.8 Å². The summed E-state index contributed by atoms with van der Waals surface area (Å²) in [5, 5.41) is 0. The smallest absolute Gasteiger partial charge is 0.408 e. The molecule has 9 heteroatoms. The Morgan fingerprint density at radius 3 is 2.82 bits per heavy atom.